The predicted octanol–water partition coefficient (Wildman–Crippen LogP) is 2.59. The summed E-state index contributed by atoms with van der Waals surface area (Å²) >= 11 is 0. The molecule has 0 unspecified atom stereocenters. The largest absolute Gasteiger partial charge is 0.481 e. The van der Waals surface area contributed by atoms with Crippen LogP contribution < -0.4 is 0 Å². The molecule has 0 saturated carbocycles. The van der Waals surface area contributed by atoms with Crippen molar-refractivity contribution < 1.29 is 44.2 Å². The number of esters is 1. The third kappa shape index (κ3) is 10.6. The highest BCUT2D eigenvalue weighted by atomic mass is 16.6. The number of rotatable bonds is 16. The molecular weight excluding hydrogens is 456 g/mol. The molecule has 0 radical (unpaired) electrons. The smallest absolute Gasteiger partial charge is 0.330 e. The van der Waals surface area contributed by atoms with Crippen LogP contribution in [-0.4, -0.2) is 82.2 Å². The first-order chi connectivity index (χ1) is 16.6. The third-order valence-electron chi connectivity index (χ3n) is 7.09. The van der Waals surface area contributed by atoms with Crippen LogP contribution in [0.25, 0.3) is 0 Å². The monoisotopic (exact) mass is 500 g/mol. The fourth-order valence-corrected chi connectivity index (χ4v) is 4.59. The van der Waals surface area contributed by atoms with Gasteiger partial charge in [-0.15, -0.1) is 0 Å². The van der Waals surface area contributed by atoms with Crippen LogP contribution in [0.4, 0.5) is 0 Å². The van der Waals surface area contributed by atoms with Crippen molar-refractivity contribution in [3.8, 4) is 0 Å². The summed E-state index contributed by atoms with van der Waals surface area (Å²) in [5.41, 5.74) is 0.708. The van der Waals surface area contributed by atoms with Gasteiger partial charge in [-0.05, 0) is 39.5 Å². The van der Waals surface area contributed by atoms with Gasteiger partial charge in [0, 0.05) is 24.3 Å². The Bertz CT molecular complexity index is 692. The van der Waals surface area contributed by atoms with Crippen LogP contribution in [0.1, 0.15) is 78.6 Å². The number of hydrogen-bond acceptors (Lipinski definition) is 8. The number of carboxylic acids is 1. The number of hydrogen-bond donors (Lipinski definition) is 4. The lowest BCUT2D eigenvalue weighted by atomic mass is 9.85. The van der Waals surface area contributed by atoms with Crippen LogP contribution in [-0.2, 0) is 23.8 Å². The second-order valence-electron chi connectivity index (χ2n) is 10.2. The highest BCUT2D eigenvalue weighted by Gasteiger charge is 2.48. The SMILES string of the molecule is C/C(=C\C(=O)OCCCCCCCCC(=O)O)C[C@@H]1OC[C@H](C[C@@H]2O[C@H]2[C@@H](C)[C@H](C)O)[C@H](O)[C@@H]1O. The fourth-order valence-electron chi connectivity index (χ4n) is 4.59. The summed E-state index contributed by atoms with van der Waals surface area (Å²) in [6, 6.07) is 0. The number of aliphatic hydroxyl groups excluding tert-OH is 3. The van der Waals surface area contributed by atoms with E-state index in [1.165, 1.54) is 6.08 Å². The van der Waals surface area contributed by atoms with Crippen molar-refractivity contribution >= 4 is 11.9 Å². The molecule has 35 heavy (non-hydrogen) atoms. The summed E-state index contributed by atoms with van der Waals surface area (Å²) in [4.78, 5) is 22.5. The Hall–Kier alpha value is -1.52. The first kappa shape index (κ1) is 29.7. The number of carbonyl (C=O) groups is 2. The minimum Gasteiger partial charge on any atom is -0.481 e. The van der Waals surface area contributed by atoms with Gasteiger partial charge in [-0.1, -0.05) is 38.2 Å². The zero-order valence-electron chi connectivity index (χ0n) is 21.3. The Morgan fingerprint density at radius 3 is 2.34 bits per heavy atom. The quantitative estimate of drug-likeness (QED) is 0.109. The van der Waals surface area contributed by atoms with Gasteiger partial charge in [-0.25, -0.2) is 4.79 Å². The van der Waals surface area contributed by atoms with E-state index in [0.717, 1.165) is 32.1 Å². The Morgan fingerprint density at radius 1 is 1.03 bits per heavy atom. The highest BCUT2D eigenvalue weighted by molar-refractivity contribution is 5.82. The number of aliphatic carboxylic acids is 1. The van der Waals surface area contributed by atoms with Gasteiger partial charge in [-0.2, -0.15) is 0 Å². The van der Waals surface area contributed by atoms with Crippen molar-refractivity contribution in [2.24, 2.45) is 11.8 Å². The van der Waals surface area contributed by atoms with Crippen molar-refractivity contribution in [3.05, 3.63) is 11.6 Å². The molecule has 0 bridgehead atoms. The summed E-state index contributed by atoms with van der Waals surface area (Å²) in [6.07, 6.45) is 4.61. The molecule has 202 valence electrons. The molecule has 2 heterocycles. The maximum atomic E-state index is 12.1. The first-order valence-corrected chi connectivity index (χ1v) is 13.0. The molecule has 8 atom stereocenters. The lowest BCUT2D eigenvalue weighted by Crippen LogP contribution is -2.50. The number of epoxide rings is 1. The van der Waals surface area contributed by atoms with E-state index in [1.54, 1.807) is 13.8 Å². The van der Waals surface area contributed by atoms with Crippen molar-refractivity contribution in [1.29, 1.82) is 0 Å². The summed E-state index contributed by atoms with van der Waals surface area (Å²) in [5.74, 6) is -1.42. The molecule has 2 saturated heterocycles. The Kier molecular flexibility index (Phi) is 12.6. The summed E-state index contributed by atoms with van der Waals surface area (Å²) in [5, 5.41) is 39.5. The van der Waals surface area contributed by atoms with Crippen molar-refractivity contribution in [3.63, 3.8) is 0 Å². The second-order valence-corrected chi connectivity index (χ2v) is 10.2. The standard InChI is InChI=1S/C26H44O9/c1-16(13-23(30)33-11-9-7-5-4-6-8-10-22(28)29)12-20-25(32)24(31)19(15-34-20)14-21-26(35-21)17(2)18(3)27/h13,17-21,24-27,31-32H,4-12,14-15H2,1-3H3,(H,28,29)/b16-13+/t17-,18-,19-,20-,21-,24-,25+,26-/m0/s1. The number of ether oxygens (including phenoxy) is 3. The Labute approximate surface area is 208 Å². The zero-order chi connectivity index (χ0) is 26.0. The summed E-state index contributed by atoms with van der Waals surface area (Å²) in [6.45, 7) is 6.07. The van der Waals surface area contributed by atoms with Gasteiger partial charge in [0.05, 0.1) is 43.7 Å². The van der Waals surface area contributed by atoms with E-state index in [4.69, 9.17) is 19.3 Å². The Balaban J connectivity index is 1.62. The van der Waals surface area contributed by atoms with Gasteiger partial charge in [0.1, 0.15) is 6.10 Å². The molecule has 0 aromatic carbocycles. The van der Waals surface area contributed by atoms with Gasteiger partial charge in [0.2, 0.25) is 0 Å². The molecule has 9 nitrogen and oxygen atoms in total. The zero-order valence-corrected chi connectivity index (χ0v) is 21.3. The maximum absolute atomic E-state index is 12.1. The van der Waals surface area contributed by atoms with E-state index in [0.29, 0.717) is 38.0 Å². The topological polar surface area (TPSA) is 146 Å². The van der Waals surface area contributed by atoms with Crippen molar-refractivity contribution in [2.45, 2.75) is 115 Å². The van der Waals surface area contributed by atoms with Crippen LogP contribution in [0.15, 0.2) is 11.6 Å². The molecule has 0 aromatic rings. The fraction of sp³-hybridized carbons (Fsp3) is 0.846. The van der Waals surface area contributed by atoms with E-state index in [1.807, 2.05) is 6.92 Å². The molecule has 2 aliphatic rings. The minimum atomic E-state index is -1.06. The van der Waals surface area contributed by atoms with Crippen molar-refractivity contribution in [1.82, 2.24) is 0 Å². The van der Waals surface area contributed by atoms with E-state index in [9.17, 15) is 24.9 Å². The average Bonchev–Trinajstić information content (AvgIpc) is 3.55. The first-order valence-electron chi connectivity index (χ1n) is 13.0. The van der Waals surface area contributed by atoms with Crippen LogP contribution in [0.3, 0.4) is 0 Å². The van der Waals surface area contributed by atoms with E-state index in [2.05, 4.69) is 0 Å². The van der Waals surface area contributed by atoms with E-state index >= 15 is 0 Å². The number of unbranched alkanes of at least 4 members (excludes halogenated alkanes) is 5. The molecule has 0 aliphatic carbocycles. The molecule has 0 spiro atoms. The number of aliphatic hydroxyl groups is 3. The highest BCUT2D eigenvalue weighted by Crippen LogP contribution is 2.38. The molecule has 0 amide bonds. The van der Waals surface area contributed by atoms with Gasteiger partial charge in [0.25, 0.3) is 0 Å². The minimum absolute atomic E-state index is 0.0160. The lowest BCUT2D eigenvalue weighted by molar-refractivity contribution is -0.165. The molecule has 2 aliphatic heterocycles. The second kappa shape index (κ2) is 14.9. The van der Waals surface area contributed by atoms with Crippen LogP contribution >= 0.6 is 0 Å². The van der Waals surface area contributed by atoms with Gasteiger partial charge in [-0.3, -0.25) is 4.79 Å². The molecule has 2 rings (SSSR count). The number of carbonyl (C=O) groups excluding carboxylic acids is 1. The lowest BCUT2D eigenvalue weighted by Gasteiger charge is -2.38. The van der Waals surface area contributed by atoms with E-state index in [-0.39, 0.29) is 30.5 Å². The van der Waals surface area contributed by atoms with E-state index < -0.39 is 36.4 Å². The third-order valence-corrected chi connectivity index (χ3v) is 7.09. The molecule has 0 aromatic heterocycles. The molecule has 9 heteroatoms. The van der Waals surface area contributed by atoms with Crippen LogP contribution in [0.5, 0.6) is 0 Å². The van der Waals surface area contributed by atoms with Crippen LogP contribution in [0.2, 0.25) is 0 Å². The summed E-state index contributed by atoms with van der Waals surface area (Å²) in [7, 11) is 0. The average molecular weight is 501 g/mol. The Morgan fingerprint density at radius 2 is 1.69 bits per heavy atom. The van der Waals surface area contributed by atoms with Crippen LogP contribution in [0, 0.1) is 11.8 Å². The number of carboxylic acid groups (broad SMARTS) is 1. The molecule has 4 N–H and O–H groups in total. The summed E-state index contributed by atoms with van der Waals surface area (Å²) < 4.78 is 16.7. The maximum Gasteiger partial charge on any atom is 0.330 e. The molecular formula is C26H44O9. The van der Waals surface area contributed by atoms with Gasteiger partial charge in [0.15, 0.2) is 0 Å². The van der Waals surface area contributed by atoms with Gasteiger partial charge < -0.3 is 34.6 Å². The van der Waals surface area contributed by atoms with Gasteiger partial charge >= 0.3 is 11.9 Å². The normalized spacial score (nSPS) is 30.5. The van der Waals surface area contributed by atoms with Crippen molar-refractivity contribution in [2.75, 3.05) is 13.2 Å². The molecule has 2 fully saturated rings. The predicted molar refractivity (Wildman–Crippen MR) is 129 cm³/mol.